The van der Waals surface area contributed by atoms with Gasteiger partial charge in [-0.05, 0) is 62.4 Å². The molecule has 2 amide bonds. The van der Waals surface area contributed by atoms with Crippen LogP contribution in [-0.2, 0) is 0 Å². The first kappa shape index (κ1) is 22.6. The number of carbonyl (C=O) groups excluding carboxylic acids is 2. The standard InChI is InChI=1S/C24H31N3O4/c1-18(2)31-22-10-6-20(7-11-22)24(29)27-16-14-26(15-17-27)13-12-25-23(28)19-4-8-21(30-3)9-5-19/h4-11,18H,12-17H2,1-3H3,(H,25,28). The maximum Gasteiger partial charge on any atom is 0.253 e. The third-order valence-corrected chi connectivity index (χ3v) is 5.20. The highest BCUT2D eigenvalue weighted by molar-refractivity contribution is 5.94. The van der Waals surface area contributed by atoms with Gasteiger partial charge in [0.25, 0.3) is 11.8 Å². The molecule has 0 atom stereocenters. The Morgan fingerprint density at radius 3 is 2.06 bits per heavy atom. The fourth-order valence-corrected chi connectivity index (χ4v) is 3.48. The minimum atomic E-state index is -0.0960. The molecule has 0 saturated carbocycles. The van der Waals surface area contributed by atoms with E-state index in [0.29, 0.717) is 30.8 Å². The molecule has 1 N–H and O–H groups in total. The van der Waals surface area contributed by atoms with Gasteiger partial charge in [-0.1, -0.05) is 0 Å². The minimum Gasteiger partial charge on any atom is -0.497 e. The molecule has 0 aliphatic carbocycles. The van der Waals surface area contributed by atoms with E-state index in [1.54, 1.807) is 31.4 Å². The summed E-state index contributed by atoms with van der Waals surface area (Å²) >= 11 is 0. The number of hydrogen-bond donors (Lipinski definition) is 1. The molecule has 7 heteroatoms. The molecule has 166 valence electrons. The fraction of sp³-hybridized carbons (Fsp3) is 0.417. The first-order chi connectivity index (χ1) is 15.0. The molecular weight excluding hydrogens is 394 g/mol. The number of carbonyl (C=O) groups is 2. The summed E-state index contributed by atoms with van der Waals surface area (Å²) in [6, 6.07) is 14.4. The van der Waals surface area contributed by atoms with Crippen LogP contribution in [0.2, 0.25) is 0 Å². The smallest absolute Gasteiger partial charge is 0.253 e. The Hall–Kier alpha value is -3.06. The zero-order chi connectivity index (χ0) is 22.2. The van der Waals surface area contributed by atoms with Gasteiger partial charge in [-0.15, -0.1) is 0 Å². The third kappa shape index (κ3) is 6.46. The molecule has 0 aromatic heterocycles. The van der Waals surface area contributed by atoms with Crippen molar-refractivity contribution in [1.29, 1.82) is 0 Å². The minimum absolute atomic E-state index is 0.0450. The Morgan fingerprint density at radius 2 is 1.48 bits per heavy atom. The van der Waals surface area contributed by atoms with Crippen molar-refractivity contribution in [2.75, 3.05) is 46.4 Å². The quantitative estimate of drug-likeness (QED) is 0.704. The summed E-state index contributed by atoms with van der Waals surface area (Å²) in [4.78, 5) is 29.1. The summed E-state index contributed by atoms with van der Waals surface area (Å²) in [5, 5.41) is 2.95. The number of rotatable bonds is 8. The van der Waals surface area contributed by atoms with Gasteiger partial charge in [0.2, 0.25) is 0 Å². The molecule has 2 aromatic rings. The molecule has 0 bridgehead atoms. The number of benzene rings is 2. The van der Waals surface area contributed by atoms with Crippen LogP contribution in [0.4, 0.5) is 0 Å². The van der Waals surface area contributed by atoms with Gasteiger partial charge in [-0.25, -0.2) is 0 Å². The Balaban J connectivity index is 1.40. The number of hydrogen-bond acceptors (Lipinski definition) is 5. The lowest BCUT2D eigenvalue weighted by molar-refractivity contribution is 0.0638. The molecule has 31 heavy (non-hydrogen) atoms. The van der Waals surface area contributed by atoms with Crippen molar-refractivity contribution in [2.45, 2.75) is 20.0 Å². The van der Waals surface area contributed by atoms with E-state index in [9.17, 15) is 9.59 Å². The zero-order valence-corrected chi connectivity index (χ0v) is 18.5. The topological polar surface area (TPSA) is 71.1 Å². The van der Waals surface area contributed by atoms with E-state index < -0.39 is 0 Å². The fourth-order valence-electron chi connectivity index (χ4n) is 3.48. The number of piperazine rings is 1. The SMILES string of the molecule is COc1ccc(C(=O)NCCN2CCN(C(=O)c3ccc(OC(C)C)cc3)CC2)cc1. The van der Waals surface area contributed by atoms with Crippen molar-refractivity contribution >= 4 is 11.8 Å². The van der Waals surface area contributed by atoms with E-state index in [1.165, 1.54) is 0 Å². The van der Waals surface area contributed by atoms with Gasteiger partial charge in [0, 0.05) is 50.4 Å². The lowest BCUT2D eigenvalue weighted by Crippen LogP contribution is -2.50. The van der Waals surface area contributed by atoms with Gasteiger partial charge >= 0.3 is 0 Å². The number of nitrogens with one attached hydrogen (secondary N) is 1. The van der Waals surface area contributed by atoms with Gasteiger partial charge in [0.15, 0.2) is 0 Å². The monoisotopic (exact) mass is 425 g/mol. The molecule has 7 nitrogen and oxygen atoms in total. The highest BCUT2D eigenvalue weighted by Crippen LogP contribution is 2.16. The Labute approximate surface area is 183 Å². The van der Waals surface area contributed by atoms with Gasteiger partial charge in [0.05, 0.1) is 13.2 Å². The Bertz CT molecular complexity index is 857. The third-order valence-electron chi connectivity index (χ3n) is 5.20. The second-order valence-corrected chi connectivity index (χ2v) is 7.81. The second-order valence-electron chi connectivity index (χ2n) is 7.81. The molecule has 1 aliphatic heterocycles. The Kier molecular flexibility index (Phi) is 7.89. The summed E-state index contributed by atoms with van der Waals surface area (Å²) in [7, 11) is 1.60. The Morgan fingerprint density at radius 1 is 0.903 bits per heavy atom. The molecule has 1 aliphatic rings. The normalized spacial score (nSPS) is 14.4. The predicted molar refractivity (Wildman–Crippen MR) is 120 cm³/mol. The van der Waals surface area contributed by atoms with Crippen molar-refractivity contribution in [1.82, 2.24) is 15.1 Å². The number of nitrogens with zero attached hydrogens (tertiary/aromatic N) is 2. The highest BCUT2D eigenvalue weighted by atomic mass is 16.5. The van der Waals surface area contributed by atoms with E-state index in [4.69, 9.17) is 9.47 Å². The molecule has 2 aromatic carbocycles. The van der Waals surface area contributed by atoms with Gasteiger partial charge in [0.1, 0.15) is 11.5 Å². The van der Waals surface area contributed by atoms with Crippen molar-refractivity contribution in [2.24, 2.45) is 0 Å². The van der Waals surface area contributed by atoms with Crippen molar-refractivity contribution < 1.29 is 19.1 Å². The first-order valence-electron chi connectivity index (χ1n) is 10.7. The predicted octanol–water partition coefficient (Wildman–Crippen LogP) is 2.67. The van der Waals surface area contributed by atoms with E-state index in [0.717, 1.165) is 31.1 Å². The van der Waals surface area contributed by atoms with Crippen LogP contribution in [0, 0.1) is 0 Å². The molecule has 3 rings (SSSR count). The molecule has 1 saturated heterocycles. The van der Waals surface area contributed by atoms with E-state index in [-0.39, 0.29) is 17.9 Å². The summed E-state index contributed by atoms with van der Waals surface area (Å²) in [5.41, 5.74) is 1.29. The van der Waals surface area contributed by atoms with Crippen LogP contribution >= 0.6 is 0 Å². The van der Waals surface area contributed by atoms with Crippen molar-refractivity contribution in [3.63, 3.8) is 0 Å². The summed E-state index contributed by atoms with van der Waals surface area (Å²) in [5.74, 6) is 1.45. The van der Waals surface area contributed by atoms with Crippen LogP contribution in [-0.4, -0.2) is 74.1 Å². The second kappa shape index (κ2) is 10.8. The molecule has 0 radical (unpaired) electrons. The maximum atomic E-state index is 12.7. The van der Waals surface area contributed by atoms with Crippen LogP contribution in [0.3, 0.4) is 0 Å². The number of amides is 2. The van der Waals surface area contributed by atoms with Crippen LogP contribution < -0.4 is 14.8 Å². The van der Waals surface area contributed by atoms with Gasteiger partial charge < -0.3 is 19.7 Å². The van der Waals surface area contributed by atoms with Gasteiger partial charge in [-0.2, -0.15) is 0 Å². The zero-order valence-electron chi connectivity index (χ0n) is 18.5. The van der Waals surface area contributed by atoms with Crippen molar-refractivity contribution in [3.05, 3.63) is 59.7 Å². The summed E-state index contributed by atoms with van der Waals surface area (Å²) in [6.07, 6.45) is 0.107. The van der Waals surface area contributed by atoms with Crippen molar-refractivity contribution in [3.8, 4) is 11.5 Å². The summed E-state index contributed by atoms with van der Waals surface area (Å²) < 4.78 is 10.7. The lowest BCUT2D eigenvalue weighted by Gasteiger charge is -2.34. The molecule has 0 unspecified atom stereocenters. The molecule has 1 fully saturated rings. The maximum absolute atomic E-state index is 12.7. The van der Waals surface area contributed by atoms with Crippen LogP contribution in [0.25, 0.3) is 0 Å². The van der Waals surface area contributed by atoms with Crippen LogP contribution in [0.1, 0.15) is 34.6 Å². The van der Waals surface area contributed by atoms with Gasteiger partial charge in [-0.3, -0.25) is 14.5 Å². The number of ether oxygens (including phenoxy) is 2. The average Bonchev–Trinajstić information content (AvgIpc) is 2.79. The molecular formula is C24H31N3O4. The van der Waals surface area contributed by atoms with E-state index >= 15 is 0 Å². The first-order valence-corrected chi connectivity index (χ1v) is 10.7. The largest absolute Gasteiger partial charge is 0.497 e. The highest BCUT2D eigenvalue weighted by Gasteiger charge is 2.22. The molecule has 1 heterocycles. The lowest BCUT2D eigenvalue weighted by atomic mass is 10.1. The number of methoxy groups -OCH3 is 1. The van der Waals surface area contributed by atoms with E-state index in [2.05, 4.69) is 10.2 Å². The molecule has 0 spiro atoms. The van der Waals surface area contributed by atoms with Crippen LogP contribution in [0.15, 0.2) is 48.5 Å². The average molecular weight is 426 g/mol. The summed E-state index contributed by atoms with van der Waals surface area (Å²) in [6.45, 7) is 8.20. The van der Waals surface area contributed by atoms with Crippen LogP contribution in [0.5, 0.6) is 11.5 Å². The van der Waals surface area contributed by atoms with E-state index in [1.807, 2.05) is 43.0 Å².